The van der Waals surface area contributed by atoms with Gasteiger partial charge in [-0.1, -0.05) is 26.7 Å². The molecule has 1 amide bonds. The van der Waals surface area contributed by atoms with Gasteiger partial charge in [-0.3, -0.25) is 4.79 Å². The lowest BCUT2D eigenvalue weighted by atomic mass is 9.77. The first-order valence-electron chi connectivity index (χ1n) is 7.40. The smallest absolute Gasteiger partial charge is 0.226 e. The SMILES string of the molecule is COCCC(CCl)NC(=O)C1(CC(C)C)CCCC1. The van der Waals surface area contributed by atoms with Crippen molar-refractivity contribution in [2.45, 2.75) is 58.4 Å². The van der Waals surface area contributed by atoms with Gasteiger partial charge in [0.1, 0.15) is 0 Å². The van der Waals surface area contributed by atoms with Crippen molar-refractivity contribution in [3.8, 4) is 0 Å². The van der Waals surface area contributed by atoms with Gasteiger partial charge in [0.25, 0.3) is 0 Å². The second-order valence-electron chi connectivity index (χ2n) is 6.19. The van der Waals surface area contributed by atoms with Crippen LogP contribution in [0.2, 0.25) is 0 Å². The van der Waals surface area contributed by atoms with Crippen LogP contribution in [0.25, 0.3) is 0 Å². The summed E-state index contributed by atoms with van der Waals surface area (Å²) < 4.78 is 5.06. The summed E-state index contributed by atoms with van der Waals surface area (Å²) in [5.41, 5.74) is -0.147. The zero-order valence-electron chi connectivity index (χ0n) is 12.5. The third kappa shape index (κ3) is 4.96. The lowest BCUT2D eigenvalue weighted by molar-refractivity contribution is -0.132. The Hall–Kier alpha value is -0.280. The van der Waals surface area contributed by atoms with Crippen LogP contribution in [0.3, 0.4) is 0 Å². The normalized spacial score (nSPS) is 19.6. The highest BCUT2D eigenvalue weighted by atomic mass is 35.5. The fourth-order valence-electron chi connectivity index (χ4n) is 3.14. The number of rotatable bonds is 8. The van der Waals surface area contributed by atoms with Gasteiger partial charge in [0, 0.05) is 31.1 Å². The second-order valence-corrected chi connectivity index (χ2v) is 6.50. The third-order valence-corrected chi connectivity index (χ3v) is 4.41. The van der Waals surface area contributed by atoms with Crippen molar-refractivity contribution in [1.29, 1.82) is 0 Å². The van der Waals surface area contributed by atoms with E-state index >= 15 is 0 Å². The molecular formula is C15H28ClNO2. The fraction of sp³-hybridized carbons (Fsp3) is 0.933. The molecular weight excluding hydrogens is 262 g/mol. The molecule has 1 unspecified atom stereocenters. The minimum atomic E-state index is -0.147. The molecule has 0 aromatic rings. The number of carbonyl (C=O) groups is 1. The van der Waals surface area contributed by atoms with E-state index in [2.05, 4.69) is 19.2 Å². The van der Waals surface area contributed by atoms with Crippen LogP contribution in [0.5, 0.6) is 0 Å². The highest BCUT2D eigenvalue weighted by Gasteiger charge is 2.41. The molecule has 1 aliphatic carbocycles. The van der Waals surface area contributed by atoms with Gasteiger partial charge in [-0.15, -0.1) is 11.6 Å². The van der Waals surface area contributed by atoms with Crippen molar-refractivity contribution in [2.75, 3.05) is 19.6 Å². The molecule has 0 saturated heterocycles. The topological polar surface area (TPSA) is 38.3 Å². The van der Waals surface area contributed by atoms with Crippen molar-refractivity contribution >= 4 is 17.5 Å². The molecule has 4 heteroatoms. The monoisotopic (exact) mass is 289 g/mol. The Balaban J connectivity index is 2.61. The number of alkyl halides is 1. The largest absolute Gasteiger partial charge is 0.385 e. The lowest BCUT2D eigenvalue weighted by Crippen LogP contribution is -2.46. The molecule has 1 aliphatic rings. The quantitative estimate of drug-likeness (QED) is 0.696. The van der Waals surface area contributed by atoms with Gasteiger partial charge in [0.15, 0.2) is 0 Å². The molecule has 0 heterocycles. The first-order valence-corrected chi connectivity index (χ1v) is 7.93. The molecule has 1 N–H and O–H groups in total. The molecule has 0 bridgehead atoms. The van der Waals surface area contributed by atoms with E-state index < -0.39 is 0 Å². The molecule has 1 saturated carbocycles. The van der Waals surface area contributed by atoms with E-state index in [0.29, 0.717) is 18.4 Å². The molecule has 1 fully saturated rings. The van der Waals surface area contributed by atoms with Crippen LogP contribution in [-0.2, 0) is 9.53 Å². The van der Waals surface area contributed by atoms with E-state index in [1.54, 1.807) is 7.11 Å². The van der Waals surface area contributed by atoms with Crippen LogP contribution in [0, 0.1) is 11.3 Å². The maximum absolute atomic E-state index is 12.6. The number of halogens is 1. The lowest BCUT2D eigenvalue weighted by Gasteiger charge is -2.31. The van der Waals surface area contributed by atoms with E-state index in [9.17, 15) is 4.79 Å². The Morgan fingerprint density at radius 1 is 1.37 bits per heavy atom. The summed E-state index contributed by atoms with van der Waals surface area (Å²) in [6.45, 7) is 5.02. The Kier molecular flexibility index (Phi) is 7.16. The van der Waals surface area contributed by atoms with Crippen molar-refractivity contribution in [1.82, 2.24) is 5.32 Å². The molecule has 0 aromatic heterocycles. The van der Waals surface area contributed by atoms with Gasteiger partial charge in [-0.25, -0.2) is 0 Å². The molecule has 0 radical (unpaired) electrons. The predicted octanol–water partition coefficient (Wildman–Crippen LogP) is 3.35. The van der Waals surface area contributed by atoms with Gasteiger partial charge in [-0.2, -0.15) is 0 Å². The van der Waals surface area contributed by atoms with Crippen LogP contribution in [-0.4, -0.2) is 31.5 Å². The number of hydrogen-bond acceptors (Lipinski definition) is 2. The van der Waals surface area contributed by atoms with Crippen molar-refractivity contribution in [3.05, 3.63) is 0 Å². The van der Waals surface area contributed by atoms with Crippen molar-refractivity contribution < 1.29 is 9.53 Å². The van der Waals surface area contributed by atoms with Gasteiger partial charge in [0.05, 0.1) is 0 Å². The van der Waals surface area contributed by atoms with Gasteiger partial charge >= 0.3 is 0 Å². The zero-order chi connectivity index (χ0) is 14.3. The average Bonchev–Trinajstić information content (AvgIpc) is 2.83. The first-order chi connectivity index (χ1) is 9.04. The highest BCUT2D eigenvalue weighted by molar-refractivity contribution is 6.18. The first kappa shape index (κ1) is 16.8. The Bertz CT molecular complexity index is 275. The molecule has 0 aromatic carbocycles. The number of carbonyl (C=O) groups excluding carboxylic acids is 1. The van der Waals surface area contributed by atoms with E-state index in [1.807, 2.05) is 0 Å². The van der Waals surface area contributed by atoms with Gasteiger partial charge in [0.2, 0.25) is 5.91 Å². The molecule has 3 nitrogen and oxygen atoms in total. The number of hydrogen-bond donors (Lipinski definition) is 1. The number of nitrogens with one attached hydrogen (secondary N) is 1. The molecule has 0 aliphatic heterocycles. The summed E-state index contributed by atoms with van der Waals surface area (Å²) in [7, 11) is 1.67. The molecule has 1 atom stereocenters. The Morgan fingerprint density at radius 2 is 2.00 bits per heavy atom. The number of methoxy groups -OCH3 is 1. The van der Waals surface area contributed by atoms with E-state index in [-0.39, 0.29) is 17.4 Å². The van der Waals surface area contributed by atoms with Crippen molar-refractivity contribution in [3.63, 3.8) is 0 Å². The van der Waals surface area contributed by atoms with E-state index in [4.69, 9.17) is 16.3 Å². The summed E-state index contributed by atoms with van der Waals surface area (Å²) in [5, 5.41) is 3.14. The molecule has 0 spiro atoms. The number of ether oxygens (including phenoxy) is 1. The Labute approximate surface area is 122 Å². The maximum Gasteiger partial charge on any atom is 0.226 e. The van der Waals surface area contributed by atoms with Crippen LogP contribution < -0.4 is 5.32 Å². The second kappa shape index (κ2) is 8.11. The Morgan fingerprint density at radius 3 is 2.47 bits per heavy atom. The van der Waals surface area contributed by atoms with E-state index in [1.165, 1.54) is 12.8 Å². The van der Waals surface area contributed by atoms with Gasteiger partial charge < -0.3 is 10.1 Å². The summed E-state index contributed by atoms with van der Waals surface area (Å²) in [6.07, 6.45) is 6.15. The van der Waals surface area contributed by atoms with Gasteiger partial charge in [-0.05, 0) is 31.6 Å². The average molecular weight is 290 g/mol. The summed E-state index contributed by atoms with van der Waals surface area (Å²) in [4.78, 5) is 12.6. The minimum Gasteiger partial charge on any atom is -0.385 e. The van der Waals surface area contributed by atoms with Crippen LogP contribution >= 0.6 is 11.6 Å². The third-order valence-electron chi connectivity index (χ3n) is 4.03. The van der Waals surface area contributed by atoms with E-state index in [0.717, 1.165) is 25.7 Å². The summed E-state index contributed by atoms with van der Waals surface area (Å²) >= 11 is 5.93. The zero-order valence-corrected chi connectivity index (χ0v) is 13.3. The summed E-state index contributed by atoms with van der Waals surface area (Å²) in [5.74, 6) is 1.21. The molecule has 19 heavy (non-hydrogen) atoms. The summed E-state index contributed by atoms with van der Waals surface area (Å²) in [6, 6.07) is 0.0266. The standard InChI is InChI=1S/C15H28ClNO2/c1-12(2)10-15(7-4-5-8-15)14(18)17-13(11-16)6-9-19-3/h12-13H,4-11H2,1-3H3,(H,17,18). The van der Waals surface area contributed by atoms with Crippen LogP contribution in [0.1, 0.15) is 52.4 Å². The fourth-order valence-corrected chi connectivity index (χ4v) is 3.38. The predicted molar refractivity (Wildman–Crippen MR) is 79.5 cm³/mol. The van der Waals surface area contributed by atoms with Crippen LogP contribution in [0.15, 0.2) is 0 Å². The highest BCUT2D eigenvalue weighted by Crippen LogP contribution is 2.43. The molecule has 112 valence electrons. The number of amides is 1. The molecule has 1 rings (SSSR count). The van der Waals surface area contributed by atoms with Crippen molar-refractivity contribution in [2.24, 2.45) is 11.3 Å². The minimum absolute atomic E-state index is 0.0266. The van der Waals surface area contributed by atoms with Crippen LogP contribution in [0.4, 0.5) is 0 Å². The maximum atomic E-state index is 12.6.